The Morgan fingerprint density at radius 1 is 1.10 bits per heavy atom. The number of para-hydroxylation sites is 1. The standard InChI is InChI=1S/C16H13ClN2S/c17-14-7-6-13(18)9-15(14)20-10-12-4-1-3-11-5-2-8-19-16(11)12/h1-9H,10,18H2. The van der Waals surface area contributed by atoms with Gasteiger partial charge in [0, 0.05) is 27.9 Å². The molecule has 100 valence electrons. The lowest BCUT2D eigenvalue weighted by Gasteiger charge is -2.07. The summed E-state index contributed by atoms with van der Waals surface area (Å²) in [4.78, 5) is 5.46. The smallest absolute Gasteiger partial charge is 0.0742 e. The number of rotatable bonds is 3. The molecule has 0 bridgehead atoms. The highest BCUT2D eigenvalue weighted by atomic mass is 35.5. The fourth-order valence-electron chi connectivity index (χ4n) is 2.07. The molecular weight excluding hydrogens is 288 g/mol. The van der Waals surface area contributed by atoms with Crippen LogP contribution in [0.3, 0.4) is 0 Å². The molecule has 0 saturated carbocycles. The van der Waals surface area contributed by atoms with E-state index in [2.05, 4.69) is 29.2 Å². The van der Waals surface area contributed by atoms with Gasteiger partial charge in [-0.1, -0.05) is 35.9 Å². The van der Waals surface area contributed by atoms with Crippen molar-refractivity contribution in [2.45, 2.75) is 10.6 Å². The summed E-state index contributed by atoms with van der Waals surface area (Å²) in [6.45, 7) is 0. The van der Waals surface area contributed by atoms with Crippen molar-refractivity contribution in [3.8, 4) is 0 Å². The molecule has 0 unspecified atom stereocenters. The second-order valence-corrected chi connectivity index (χ2v) is 5.90. The molecule has 2 aromatic carbocycles. The zero-order chi connectivity index (χ0) is 13.9. The lowest BCUT2D eigenvalue weighted by atomic mass is 10.1. The van der Waals surface area contributed by atoms with Crippen LogP contribution in [-0.4, -0.2) is 4.98 Å². The zero-order valence-corrected chi connectivity index (χ0v) is 12.3. The number of benzene rings is 2. The number of pyridine rings is 1. The van der Waals surface area contributed by atoms with Crippen molar-refractivity contribution >= 4 is 40.0 Å². The number of anilines is 1. The third kappa shape index (κ3) is 2.74. The minimum Gasteiger partial charge on any atom is -0.399 e. The minimum absolute atomic E-state index is 0.730. The minimum atomic E-state index is 0.730. The third-order valence-electron chi connectivity index (χ3n) is 3.05. The maximum Gasteiger partial charge on any atom is 0.0742 e. The van der Waals surface area contributed by atoms with Crippen molar-refractivity contribution in [1.29, 1.82) is 0 Å². The average molecular weight is 301 g/mol. The van der Waals surface area contributed by atoms with Gasteiger partial charge in [0.05, 0.1) is 10.5 Å². The van der Waals surface area contributed by atoms with E-state index in [4.69, 9.17) is 17.3 Å². The molecule has 0 amide bonds. The summed E-state index contributed by atoms with van der Waals surface area (Å²) in [5.41, 5.74) is 8.78. The lowest BCUT2D eigenvalue weighted by Crippen LogP contribution is -1.88. The number of nitrogen functional groups attached to an aromatic ring is 1. The Hall–Kier alpha value is -1.71. The average Bonchev–Trinajstić information content (AvgIpc) is 2.48. The zero-order valence-electron chi connectivity index (χ0n) is 10.7. The summed E-state index contributed by atoms with van der Waals surface area (Å²) < 4.78 is 0. The molecule has 1 aromatic heterocycles. The van der Waals surface area contributed by atoms with Crippen LogP contribution >= 0.6 is 23.4 Å². The van der Waals surface area contributed by atoms with Crippen molar-refractivity contribution < 1.29 is 0 Å². The first-order chi connectivity index (χ1) is 9.74. The van der Waals surface area contributed by atoms with Gasteiger partial charge in [-0.15, -0.1) is 11.8 Å². The largest absolute Gasteiger partial charge is 0.399 e. The van der Waals surface area contributed by atoms with Crippen LogP contribution in [0, 0.1) is 0 Å². The molecule has 0 aliphatic carbocycles. The second kappa shape index (κ2) is 5.73. The van der Waals surface area contributed by atoms with Gasteiger partial charge in [-0.2, -0.15) is 0 Å². The van der Waals surface area contributed by atoms with Crippen molar-refractivity contribution in [2.75, 3.05) is 5.73 Å². The van der Waals surface area contributed by atoms with E-state index in [0.717, 1.165) is 32.3 Å². The monoisotopic (exact) mass is 300 g/mol. The number of hydrogen-bond acceptors (Lipinski definition) is 3. The molecule has 20 heavy (non-hydrogen) atoms. The van der Waals surface area contributed by atoms with Crippen LogP contribution in [0.25, 0.3) is 10.9 Å². The number of halogens is 1. The summed E-state index contributed by atoms with van der Waals surface area (Å²) in [5.74, 6) is 0.817. The molecule has 1 heterocycles. The van der Waals surface area contributed by atoms with Gasteiger partial charge in [0.1, 0.15) is 0 Å². The van der Waals surface area contributed by atoms with Crippen molar-refractivity contribution in [1.82, 2.24) is 4.98 Å². The fraction of sp³-hybridized carbons (Fsp3) is 0.0625. The van der Waals surface area contributed by atoms with Crippen molar-refractivity contribution in [3.05, 3.63) is 65.3 Å². The third-order valence-corrected chi connectivity index (χ3v) is 4.60. The van der Waals surface area contributed by atoms with Gasteiger partial charge in [0.15, 0.2) is 0 Å². The molecule has 3 aromatic rings. The van der Waals surface area contributed by atoms with E-state index in [9.17, 15) is 0 Å². The topological polar surface area (TPSA) is 38.9 Å². The number of nitrogens with two attached hydrogens (primary N) is 1. The number of aromatic nitrogens is 1. The van der Waals surface area contributed by atoms with E-state index in [-0.39, 0.29) is 0 Å². The van der Waals surface area contributed by atoms with Crippen LogP contribution in [0.15, 0.2) is 59.6 Å². The van der Waals surface area contributed by atoms with E-state index in [0.29, 0.717) is 0 Å². The van der Waals surface area contributed by atoms with Gasteiger partial charge in [0.2, 0.25) is 0 Å². The SMILES string of the molecule is Nc1ccc(Cl)c(SCc2cccc3cccnc23)c1. The van der Waals surface area contributed by atoms with Gasteiger partial charge >= 0.3 is 0 Å². The first-order valence-electron chi connectivity index (χ1n) is 6.24. The first-order valence-corrected chi connectivity index (χ1v) is 7.61. The summed E-state index contributed by atoms with van der Waals surface area (Å²) in [7, 11) is 0. The Bertz CT molecular complexity index is 753. The second-order valence-electron chi connectivity index (χ2n) is 4.47. The predicted octanol–water partition coefficient (Wildman–Crippen LogP) is 4.76. The van der Waals surface area contributed by atoms with Crippen LogP contribution in [0.4, 0.5) is 5.69 Å². The molecule has 0 radical (unpaired) electrons. The highest BCUT2D eigenvalue weighted by molar-refractivity contribution is 7.98. The van der Waals surface area contributed by atoms with E-state index >= 15 is 0 Å². The Morgan fingerprint density at radius 2 is 1.95 bits per heavy atom. The number of nitrogens with zero attached hydrogens (tertiary/aromatic N) is 1. The van der Waals surface area contributed by atoms with E-state index in [1.165, 1.54) is 5.56 Å². The van der Waals surface area contributed by atoms with Crippen LogP contribution in [-0.2, 0) is 5.75 Å². The van der Waals surface area contributed by atoms with E-state index in [1.54, 1.807) is 11.8 Å². The Balaban J connectivity index is 1.89. The highest BCUT2D eigenvalue weighted by Gasteiger charge is 2.05. The number of thioether (sulfide) groups is 1. The Morgan fingerprint density at radius 3 is 2.85 bits per heavy atom. The van der Waals surface area contributed by atoms with Gasteiger partial charge < -0.3 is 5.73 Å². The molecule has 3 rings (SSSR count). The van der Waals surface area contributed by atoms with Crippen LogP contribution < -0.4 is 5.73 Å². The summed E-state index contributed by atoms with van der Waals surface area (Å²) in [6, 6.07) is 15.8. The van der Waals surface area contributed by atoms with Gasteiger partial charge in [-0.25, -0.2) is 0 Å². The first kappa shape index (κ1) is 13.3. The summed E-state index contributed by atoms with van der Waals surface area (Å²) >= 11 is 7.87. The van der Waals surface area contributed by atoms with Gasteiger partial charge in [-0.05, 0) is 29.8 Å². The van der Waals surface area contributed by atoms with Gasteiger partial charge in [-0.3, -0.25) is 4.98 Å². The molecule has 0 saturated heterocycles. The van der Waals surface area contributed by atoms with E-state index < -0.39 is 0 Å². The normalized spacial score (nSPS) is 10.8. The molecule has 0 atom stereocenters. The fourth-order valence-corrected chi connectivity index (χ4v) is 3.32. The highest BCUT2D eigenvalue weighted by Crippen LogP contribution is 2.32. The van der Waals surface area contributed by atoms with Crippen LogP contribution in [0.5, 0.6) is 0 Å². The molecule has 0 fully saturated rings. The van der Waals surface area contributed by atoms with Crippen LogP contribution in [0.2, 0.25) is 5.02 Å². The number of hydrogen-bond donors (Lipinski definition) is 1. The van der Waals surface area contributed by atoms with Crippen molar-refractivity contribution in [2.24, 2.45) is 0 Å². The maximum absolute atomic E-state index is 6.19. The van der Waals surface area contributed by atoms with Crippen molar-refractivity contribution in [3.63, 3.8) is 0 Å². The quantitative estimate of drug-likeness (QED) is 0.560. The summed E-state index contributed by atoms with van der Waals surface area (Å²) in [6.07, 6.45) is 1.82. The Labute approximate surface area is 127 Å². The molecule has 0 spiro atoms. The number of fused-ring (bicyclic) bond motifs is 1. The molecular formula is C16H13ClN2S. The van der Waals surface area contributed by atoms with Crippen LogP contribution in [0.1, 0.15) is 5.56 Å². The summed E-state index contributed by atoms with van der Waals surface area (Å²) in [5, 5.41) is 1.89. The maximum atomic E-state index is 6.19. The van der Waals surface area contributed by atoms with Gasteiger partial charge in [0.25, 0.3) is 0 Å². The lowest BCUT2D eigenvalue weighted by molar-refractivity contribution is 1.34. The predicted molar refractivity (Wildman–Crippen MR) is 87.2 cm³/mol. The molecule has 0 aliphatic rings. The molecule has 2 N–H and O–H groups in total. The molecule has 4 heteroatoms. The molecule has 0 aliphatic heterocycles. The Kier molecular flexibility index (Phi) is 3.81. The molecule has 2 nitrogen and oxygen atoms in total. The van der Waals surface area contributed by atoms with E-state index in [1.807, 2.05) is 30.5 Å².